The lowest BCUT2D eigenvalue weighted by atomic mass is 10.1. The topological polar surface area (TPSA) is 54.0 Å². The van der Waals surface area contributed by atoms with Crippen LogP contribution < -0.4 is 10.9 Å². The number of hydrogen-bond donors (Lipinski definition) is 2. The number of rotatable bonds is 4. The number of nitrogens with zero attached hydrogens (tertiary/aromatic N) is 1. The van der Waals surface area contributed by atoms with E-state index >= 15 is 0 Å². The number of pyridine rings is 1. The summed E-state index contributed by atoms with van der Waals surface area (Å²) in [5, 5.41) is 0. The normalized spacial score (nSPS) is 10.1. The minimum atomic E-state index is -0.0971. The summed E-state index contributed by atoms with van der Waals surface area (Å²) in [7, 11) is 0. The van der Waals surface area contributed by atoms with Gasteiger partial charge in [-0.05, 0) is 17.7 Å². The number of nitrogens with one attached hydrogen (secondary N) is 2. The van der Waals surface area contributed by atoms with Crippen molar-refractivity contribution in [3.63, 3.8) is 0 Å². The maximum Gasteiger partial charge on any atom is 0.230 e. The van der Waals surface area contributed by atoms with Gasteiger partial charge in [0.05, 0.1) is 5.69 Å². The fourth-order valence-electron chi connectivity index (χ4n) is 1.60. The summed E-state index contributed by atoms with van der Waals surface area (Å²) in [4.78, 5) is 15.0. The maximum atomic E-state index is 10.7. The number of hydrazine groups is 1. The lowest BCUT2D eigenvalue weighted by molar-refractivity contribution is -0.119. The van der Waals surface area contributed by atoms with Gasteiger partial charge in [0.2, 0.25) is 5.91 Å². The Morgan fingerprint density at radius 1 is 1.17 bits per heavy atom. The lowest BCUT2D eigenvalue weighted by Crippen LogP contribution is -2.34. The Labute approximate surface area is 106 Å². The van der Waals surface area contributed by atoms with E-state index in [1.54, 1.807) is 6.20 Å². The van der Waals surface area contributed by atoms with Crippen LogP contribution in [-0.2, 0) is 11.3 Å². The van der Waals surface area contributed by atoms with E-state index in [1.165, 1.54) is 6.92 Å². The largest absolute Gasteiger partial charge is 0.292 e. The molecule has 4 heteroatoms. The molecule has 0 atom stereocenters. The van der Waals surface area contributed by atoms with Crippen molar-refractivity contribution >= 4 is 5.91 Å². The summed E-state index contributed by atoms with van der Waals surface area (Å²) < 4.78 is 0. The van der Waals surface area contributed by atoms with Crippen LogP contribution in [0.15, 0.2) is 48.7 Å². The van der Waals surface area contributed by atoms with Crippen LogP contribution >= 0.6 is 0 Å². The van der Waals surface area contributed by atoms with E-state index < -0.39 is 0 Å². The van der Waals surface area contributed by atoms with Crippen LogP contribution in [0.1, 0.15) is 12.5 Å². The highest BCUT2D eigenvalue weighted by molar-refractivity contribution is 5.72. The molecule has 0 aliphatic rings. The Balaban J connectivity index is 2.00. The molecule has 0 fully saturated rings. The summed E-state index contributed by atoms with van der Waals surface area (Å²) >= 11 is 0. The average molecular weight is 241 g/mol. The molecule has 0 aliphatic carbocycles. The molecule has 2 aromatic rings. The van der Waals surface area contributed by atoms with Gasteiger partial charge in [-0.1, -0.05) is 30.3 Å². The van der Waals surface area contributed by atoms with Gasteiger partial charge in [0.25, 0.3) is 0 Å². The van der Waals surface area contributed by atoms with Crippen LogP contribution in [0.3, 0.4) is 0 Å². The van der Waals surface area contributed by atoms with Crippen molar-refractivity contribution in [1.29, 1.82) is 0 Å². The first-order valence-corrected chi connectivity index (χ1v) is 5.75. The number of amides is 1. The smallest absolute Gasteiger partial charge is 0.230 e. The molecular formula is C14H15N3O. The van der Waals surface area contributed by atoms with E-state index in [4.69, 9.17) is 0 Å². The number of benzene rings is 1. The van der Waals surface area contributed by atoms with Gasteiger partial charge >= 0.3 is 0 Å². The highest BCUT2D eigenvalue weighted by Gasteiger charge is 1.98. The first-order chi connectivity index (χ1) is 8.75. The molecule has 1 heterocycles. The van der Waals surface area contributed by atoms with Crippen LogP contribution in [-0.4, -0.2) is 10.9 Å². The monoisotopic (exact) mass is 241 g/mol. The zero-order valence-electron chi connectivity index (χ0n) is 10.2. The maximum absolute atomic E-state index is 10.7. The van der Waals surface area contributed by atoms with E-state index in [0.29, 0.717) is 6.54 Å². The van der Waals surface area contributed by atoms with Crippen molar-refractivity contribution in [1.82, 2.24) is 15.8 Å². The predicted molar refractivity (Wildman–Crippen MR) is 70.3 cm³/mol. The number of carbonyl (C=O) groups excluding carboxylic acids is 1. The fourth-order valence-corrected chi connectivity index (χ4v) is 1.60. The molecule has 0 aliphatic heterocycles. The number of carbonyl (C=O) groups is 1. The van der Waals surface area contributed by atoms with E-state index in [1.807, 2.05) is 42.5 Å². The Bertz CT molecular complexity index is 508. The summed E-state index contributed by atoms with van der Waals surface area (Å²) in [6, 6.07) is 13.9. The third-order valence-corrected chi connectivity index (χ3v) is 2.47. The molecule has 0 radical (unpaired) electrons. The summed E-state index contributed by atoms with van der Waals surface area (Å²) in [5.74, 6) is -0.0971. The van der Waals surface area contributed by atoms with Gasteiger partial charge in [-0.15, -0.1) is 0 Å². The van der Waals surface area contributed by atoms with E-state index in [9.17, 15) is 4.79 Å². The summed E-state index contributed by atoms with van der Waals surface area (Å²) in [6.07, 6.45) is 1.78. The molecule has 18 heavy (non-hydrogen) atoms. The van der Waals surface area contributed by atoms with E-state index in [-0.39, 0.29) is 5.91 Å². The zero-order valence-corrected chi connectivity index (χ0v) is 10.2. The SMILES string of the molecule is CC(=O)NNCc1ccc(-c2ccccn2)cc1. The Hall–Kier alpha value is -2.20. The minimum Gasteiger partial charge on any atom is -0.292 e. The molecule has 0 spiro atoms. The Morgan fingerprint density at radius 2 is 1.94 bits per heavy atom. The van der Waals surface area contributed by atoms with Crippen molar-refractivity contribution in [3.8, 4) is 11.3 Å². The number of hydrogen-bond acceptors (Lipinski definition) is 3. The van der Waals surface area contributed by atoms with E-state index in [2.05, 4.69) is 15.8 Å². The van der Waals surface area contributed by atoms with Gasteiger partial charge in [-0.2, -0.15) is 0 Å². The summed E-state index contributed by atoms with van der Waals surface area (Å²) in [6.45, 7) is 2.07. The van der Waals surface area contributed by atoms with Crippen molar-refractivity contribution < 1.29 is 4.79 Å². The molecule has 0 bridgehead atoms. The summed E-state index contributed by atoms with van der Waals surface area (Å²) in [5.41, 5.74) is 8.52. The second-order valence-electron chi connectivity index (χ2n) is 3.95. The van der Waals surface area contributed by atoms with Crippen LogP contribution in [0.4, 0.5) is 0 Å². The van der Waals surface area contributed by atoms with Crippen LogP contribution in [0.5, 0.6) is 0 Å². The highest BCUT2D eigenvalue weighted by atomic mass is 16.2. The minimum absolute atomic E-state index is 0.0971. The van der Waals surface area contributed by atoms with Gasteiger partial charge in [-0.3, -0.25) is 15.2 Å². The molecular weight excluding hydrogens is 226 g/mol. The van der Waals surface area contributed by atoms with E-state index in [0.717, 1.165) is 16.8 Å². The third-order valence-electron chi connectivity index (χ3n) is 2.47. The first-order valence-electron chi connectivity index (χ1n) is 5.75. The molecule has 0 saturated carbocycles. The lowest BCUT2D eigenvalue weighted by Gasteiger charge is -2.06. The number of aromatic nitrogens is 1. The zero-order chi connectivity index (χ0) is 12.8. The van der Waals surface area contributed by atoms with Crippen molar-refractivity contribution in [2.45, 2.75) is 13.5 Å². The van der Waals surface area contributed by atoms with Gasteiger partial charge < -0.3 is 0 Å². The van der Waals surface area contributed by atoms with Gasteiger partial charge in [0, 0.05) is 25.2 Å². The third kappa shape index (κ3) is 3.40. The van der Waals surface area contributed by atoms with Gasteiger partial charge in [-0.25, -0.2) is 5.43 Å². The molecule has 0 unspecified atom stereocenters. The van der Waals surface area contributed by atoms with Crippen LogP contribution in [0.2, 0.25) is 0 Å². The Morgan fingerprint density at radius 3 is 2.56 bits per heavy atom. The van der Waals surface area contributed by atoms with Crippen LogP contribution in [0, 0.1) is 0 Å². The quantitative estimate of drug-likeness (QED) is 0.804. The average Bonchev–Trinajstić information content (AvgIpc) is 2.40. The second kappa shape index (κ2) is 5.93. The second-order valence-corrected chi connectivity index (χ2v) is 3.95. The molecule has 1 aromatic carbocycles. The molecule has 2 rings (SSSR count). The Kier molecular flexibility index (Phi) is 4.04. The molecule has 1 aromatic heterocycles. The van der Waals surface area contributed by atoms with Crippen molar-refractivity contribution in [3.05, 3.63) is 54.2 Å². The van der Waals surface area contributed by atoms with Crippen LogP contribution in [0.25, 0.3) is 11.3 Å². The van der Waals surface area contributed by atoms with Gasteiger partial charge in [0.15, 0.2) is 0 Å². The predicted octanol–water partition coefficient (Wildman–Crippen LogP) is 1.89. The standard InChI is InChI=1S/C14H15N3O/c1-11(18)17-16-10-12-5-7-13(8-6-12)14-4-2-3-9-15-14/h2-9,16H,10H2,1H3,(H,17,18). The van der Waals surface area contributed by atoms with Crippen molar-refractivity contribution in [2.75, 3.05) is 0 Å². The van der Waals surface area contributed by atoms with Crippen molar-refractivity contribution in [2.24, 2.45) is 0 Å². The molecule has 2 N–H and O–H groups in total. The first kappa shape index (κ1) is 12.3. The molecule has 92 valence electrons. The highest BCUT2D eigenvalue weighted by Crippen LogP contribution is 2.16. The molecule has 1 amide bonds. The fraction of sp³-hybridized carbons (Fsp3) is 0.143. The van der Waals surface area contributed by atoms with Gasteiger partial charge in [0.1, 0.15) is 0 Å². The molecule has 0 saturated heterocycles. The molecule has 4 nitrogen and oxygen atoms in total.